The lowest BCUT2D eigenvalue weighted by Gasteiger charge is -2.47. The summed E-state index contributed by atoms with van der Waals surface area (Å²) < 4.78 is 26.8. The Kier molecular flexibility index (Phi) is 8.51. The molecule has 164 valence electrons. The van der Waals surface area contributed by atoms with Crippen molar-refractivity contribution in [2.45, 2.75) is 68.3 Å². The van der Waals surface area contributed by atoms with Crippen molar-refractivity contribution >= 4 is 5.91 Å². The Hall–Kier alpha value is -0.930. The quantitative estimate of drug-likeness (QED) is 0.241. The number of rotatable bonds is 7. The van der Waals surface area contributed by atoms with Gasteiger partial charge in [-0.05, 0) is 0 Å². The highest BCUT2D eigenvalue weighted by Gasteiger charge is 2.51. The average Bonchev–Trinajstić information content (AvgIpc) is 2.64. The topological polar surface area (TPSA) is 176 Å². The van der Waals surface area contributed by atoms with Crippen LogP contribution in [0.5, 0.6) is 0 Å². The molecule has 0 aliphatic carbocycles. The van der Waals surface area contributed by atoms with Gasteiger partial charge in [-0.3, -0.25) is 4.79 Å². The first kappa shape index (κ1) is 23.3. The normalized spacial score (nSPS) is 44.3. The minimum absolute atomic E-state index is 0.0649. The molecule has 12 heteroatoms. The van der Waals surface area contributed by atoms with Crippen LogP contribution in [0.2, 0.25) is 0 Å². The molecule has 0 aromatic carbocycles. The van der Waals surface area contributed by atoms with Crippen molar-refractivity contribution in [1.82, 2.24) is 5.32 Å². The second kappa shape index (κ2) is 10.2. The molecule has 2 aliphatic rings. The molecular weight excluding hydrogens is 382 g/mol. The number of aliphatic hydroxyl groups excluding tert-OH is 5. The molecular formula is C16H29NO11. The first-order chi connectivity index (χ1) is 13.2. The summed E-state index contributed by atoms with van der Waals surface area (Å²) in [6, 6.07) is -1.19. The van der Waals surface area contributed by atoms with Crippen LogP contribution >= 0.6 is 0 Å². The van der Waals surface area contributed by atoms with Crippen LogP contribution in [0.15, 0.2) is 0 Å². The molecule has 0 saturated carbocycles. The van der Waals surface area contributed by atoms with Crippen molar-refractivity contribution in [3.63, 3.8) is 0 Å². The Balaban J connectivity index is 2.23. The van der Waals surface area contributed by atoms with E-state index in [2.05, 4.69) is 5.32 Å². The predicted molar refractivity (Wildman–Crippen MR) is 89.8 cm³/mol. The van der Waals surface area contributed by atoms with Gasteiger partial charge in [0.1, 0.15) is 48.8 Å². The highest BCUT2D eigenvalue weighted by atomic mass is 16.7. The number of hydrogen-bond acceptors (Lipinski definition) is 11. The second-order valence-electron chi connectivity index (χ2n) is 6.75. The number of carbonyl (C=O) groups is 1. The molecule has 0 radical (unpaired) electrons. The first-order valence-electron chi connectivity index (χ1n) is 8.83. The molecule has 2 aliphatic heterocycles. The molecule has 1 amide bonds. The summed E-state index contributed by atoms with van der Waals surface area (Å²) in [6.45, 7) is 0.558. The average molecular weight is 411 g/mol. The SMILES string of the molecule is COC[C@H]1O[C@@H](O)[C@H](NC(C)=O)[C@@H](O)[C@@H]1O[C@@H]1O[C@H](CO)[C@H](O)[C@H](O)[C@H]1OC. The van der Waals surface area contributed by atoms with Crippen molar-refractivity contribution in [1.29, 1.82) is 0 Å². The number of ether oxygens (including phenoxy) is 5. The fraction of sp³-hybridized carbons (Fsp3) is 0.938. The molecule has 12 nitrogen and oxygen atoms in total. The minimum Gasteiger partial charge on any atom is -0.394 e. The highest BCUT2D eigenvalue weighted by molar-refractivity contribution is 5.73. The van der Waals surface area contributed by atoms with E-state index in [-0.39, 0.29) is 6.61 Å². The third-order valence-electron chi connectivity index (χ3n) is 4.78. The Morgan fingerprint density at radius 1 is 1.00 bits per heavy atom. The zero-order valence-corrected chi connectivity index (χ0v) is 15.9. The van der Waals surface area contributed by atoms with E-state index in [9.17, 15) is 30.3 Å². The lowest BCUT2D eigenvalue weighted by atomic mass is 9.95. The van der Waals surface area contributed by atoms with Gasteiger partial charge in [-0.15, -0.1) is 0 Å². The van der Waals surface area contributed by atoms with Gasteiger partial charge in [-0.2, -0.15) is 0 Å². The fourth-order valence-corrected chi connectivity index (χ4v) is 3.36. The van der Waals surface area contributed by atoms with Crippen LogP contribution in [0.1, 0.15) is 6.92 Å². The third kappa shape index (κ3) is 4.97. The zero-order valence-electron chi connectivity index (χ0n) is 15.9. The van der Waals surface area contributed by atoms with E-state index in [1.165, 1.54) is 21.1 Å². The number of methoxy groups -OCH3 is 2. The Bertz CT molecular complexity index is 509. The van der Waals surface area contributed by atoms with Crippen molar-refractivity contribution in [3.05, 3.63) is 0 Å². The van der Waals surface area contributed by atoms with Crippen molar-refractivity contribution in [2.75, 3.05) is 27.4 Å². The van der Waals surface area contributed by atoms with Crippen LogP contribution in [-0.4, -0.2) is 120 Å². The monoisotopic (exact) mass is 411 g/mol. The number of carbonyl (C=O) groups excluding carboxylic acids is 1. The molecule has 2 rings (SSSR count). The standard InChI is InChI=1S/C16H29NO11/c1-6(19)17-9-11(21)13(8(5-24-2)26-15(9)23)28-16-14(25-3)12(22)10(20)7(4-18)27-16/h7-16,18,20-23H,4-5H2,1-3H3,(H,17,19)/t7-,8-,9-,10+,11-,12+,13-,14-,15-,16+/m1/s1. The van der Waals surface area contributed by atoms with Gasteiger partial charge in [0.25, 0.3) is 0 Å². The van der Waals surface area contributed by atoms with Gasteiger partial charge in [0.15, 0.2) is 12.6 Å². The summed E-state index contributed by atoms with van der Waals surface area (Å²) in [6.07, 6.45) is -11.5. The zero-order chi connectivity index (χ0) is 21.0. The van der Waals surface area contributed by atoms with E-state index in [1.807, 2.05) is 0 Å². The van der Waals surface area contributed by atoms with Crippen LogP contribution in [-0.2, 0) is 28.5 Å². The maximum Gasteiger partial charge on any atom is 0.217 e. The van der Waals surface area contributed by atoms with Crippen molar-refractivity contribution in [3.8, 4) is 0 Å². The molecule has 2 fully saturated rings. The smallest absolute Gasteiger partial charge is 0.217 e. The van der Waals surface area contributed by atoms with Crippen LogP contribution in [0.4, 0.5) is 0 Å². The molecule has 10 atom stereocenters. The largest absolute Gasteiger partial charge is 0.394 e. The van der Waals surface area contributed by atoms with Gasteiger partial charge in [0, 0.05) is 21.1 Å². The third-order valence-corrected chi connectivity index (χ3v) is 4.78. The van der Waals surface area contributed by atoms with Crippen molar-refractivity contribution < 1.29 is 54.0 Å². The van der Waals surface area contributed by atoms with Crippen LogP contribution in [0.3, 0.4) is 0 Å². The van der Waals surface area contributed by atoms with E-state index in [1.54, 1.807) is 0 Å². The molecule has 28 heavy (non-hydrogen) atoms. The van der Waals surface area contributed by atoms with Gasteiger partial charge in [-0.25, -0.2) is 0 Å². The second-order valence-corrected chi connectivity index (χ2v) is 6.75. The molecule has 2 heterocycles. The van der Waals surface area contributed by atoms with E-state index >= 15 is 0 Å². The van der Waals surface area contributed by atoms with Crippen molar-refractivity contribution in [2.24, 2.45) is 0 Å². The fourth-order valence-electron chi connectivity index (χ4n) is 3.36. The maximum atomic E-state index is 11.4. The Labute approximate surface area is 161 Å². The highest BCUT2D eigenvalue weighted by Crippen LogP contribution is 2.29. The predicted octanol–water partition coefficient (Wildman–Crippen LogP) is -3.95. The Morgan fingerprint density at radius 3 is 2.21 bits per heavy atom. The minimum atomic E-state index is -1.51. The molecule has 2 saturated heterocycles. The van der Waals surface area contributed by atoms with Crippen LogP contribution < -0.4 is 5.32 Å². The summed E-state index contributed by atoms with van der Waals surface area (Å²) in [7, 11) is 2.65. The van der Waals surface area contributed by atoms with Crippen LogP contribution in [0.25, 0.3) is 0 Å². The molecule has 0 spiro atoms. The van der Waals surface area contributed by atoms with Crippen LogP contribution in [0, 0.1) is 0 Å². The van der Waals surface area contributed by atoms with Gasteiger partial charge in [0.05, 0.1) is 13.2 Å². The first-order valence-corrected chi connectivity index (χ1v) is 8.83. The molecule has 0 aromatic rings. The molecule has 0 bridgehead atoms. The van der Waals surface area contributed by atoms with E-state index in [4.69, 9.17) is 23.7 Å². The summed E-state index contributed by atoms with van der Waals surface area (Å²) >= 11 is 0. The molecule has 0 unspecified atom stereocenters. The summed E-state index contributed by atoms with van der Waals surface area (Å²) in [5.74, 6) is -0.502. The lowest BCUT2D eigenvalue weighted by molar-refractivity contribution is -0.348. The van der Waals surface area contributed by atoms with Gasteiger partial charge in [-0.1, -0.05) is 0 Å². The van der Waals surface area contributed by atoms with Gasteiger partial charge in [0.2, 0.25) is 5.91 Å². The van der Waals surface area contributed by atoms with E-state index in [0.717, 1.165) is 0 Å². The van der Waals surface area contributed by atoms with Gasteiger partial charge < -0.3 is 54.5 Å². The lowest BCUT2D eigenvalue weighted by Crippen LogP contribution is -2.67. The van der Waals surface area contributed by atoms with Gasteiger partial charge >= 0.3 is 0 Å². The number of aliphatic hydroxyl groups is 5. The molecule has 0 aromatic heterocycles. The number of nitrogens with one attached hydrogen (secondary N) is 1. The summed E-state index contributed by atoms with van der Waals surface area (Å²) in [5, 5.41) is 52.7. The number of hydrogen-bond donors (Lipinski definition) is 6. The summed E-state index contributed by atoms with van der Waals surface area (Å²) in [4.78, 5) is 11.4. The summed E-state index contributed by atoms with van der Waals surface area (Å²) in [5.41, 5.74) is 0. The van der Waals surface area contributed by atoms with E-state index < -0.39 is 73.9 Å². The Morgan fingerprint density at radius 2 is 1.68 bits per heavy atom. The maximum absolute atomic E-state index is 11.4. The molecule has 6 N–H and O–H groups in total. The number of amides is 1. The van der Waals surface area contributed by atoms with E-state index in [0.29, 0.717) is 0 Å².